The monoisotopic (exact) mass is 476 g/mol. The molecule has 0 aliphatic carbocycles. The number of carbonyl (C=O) groups is 1. The molecule has 168 valence electrons. The van der Waals surface area contributed by atoms with Gasteiger partial charge in [-0.1, -0.05) is 12.1 Å². The molecule has 0 saturated heterocycles. The molecule has 0 unspecified atom stereocenters. The first kappa shape index (κ1) is 22.0. The van der Waals surface area contributed by atoms with E-state index in [-0.39, 0.29) is 38.4 Å². The number of carboxylic acid groups (broad SMARTS) is 1. The Bertz CT molecular complexity index is 1640. The van der Waals surface area contributed by atoms with Crippen molar-refractivity contribution in [2.45, 2.75) is 31.6 Å². The predicted octanol–water partition coefficient (Wildman–Crippen LogP) is 1.84. The number of benzene rings is 1. The highest BCUT2D eigenvalue weighted by Crippen LogP contribution is 2.32. The largest absolute Gasteiger partial charge is 0.478 e. The molecule has 1 N–H and O–H groups in total. The summed E-state index contributed by atoms with van der Waals surface area (Å²) in [5, 5.41) is 9.69. The van der Waals surface area contributed by atoms with Crippen LogP contribution in [0, 0.1) is 0 Å². The summed E-state index contributed by atoms with van der Waals surface area (Å²) in [4.78, 5) is 42.5. The van der Waals surface area contributed by atoms with Crippen LogP contribution in [0.1, 0.15) is 35.1 Å². The van der Waals surface area contributed by atoms with Gasteiger partial charge in [0.1, 0.15) is 4.83 Å². The molecule has 1 aromatic carbocycles. The van der Waals surface area contributed by atoms with E-state index in [1.807, 2.05) is 0 Å². The first-order valence-corrected chi connectivity index (χ1v) is 12.3. The number of carboxylic acids is 1. The summed E-state index contributed by atoms with van der Waals surface area (Å²) < 4.78 is 28.5. The van der Waals surface area contributed by atoms with Crippen molar-refractivity contribution >= 4 is 48.4 Å². The van der Waals surface area contributed by atoms with Gasteiger partial charge < -0.3 is 9.67 Å². The summed E-state index contributed by atoms with van der Waals surface area (Å²) in [6.07, 6.45) is 1.03. The van der Waals surface area contributed by atoms with Gasteiger partial charge in [-0.15, -0.1) is 11.3 Å². The van der Waals surface area contributed by atoms with Crippen molar-refractivity contribution in [3.8, 4) is 0 Å². The highest BCUT2D eigenvalue weighted by atomic mass is 32.2. The van der Waals surface area contributed by atoms with Gasteiger partial charge in [0.25, 0.3) is 5.56 Å². The fourth-order valence-corrected chi connectivity index (χ4v) is 5.99. The van der Waals surface area contributed by atoms with E-state index in [9.17, 15) is 27.9 Å². The second kappa shape index (κ2) is 7.41. The number of sulfone groups is 1. The molecular weight excluding hydrogens is 456 g/mol. The second-order valence-corrected chi connectivity index (χ2v) is 10.7. The third-order valence-corrected chi connectivity index (χ3v) is 7.32. The van der Waals surface area contributed by atoms with E-state index in [1.165, 1.54) is 16.2 Å². The van der Waals surface area contributed by atoms with Gasteiger partial charge >= 0.3 is 11.7 Å². The van der Waals surface area contributed by atoms with Crippen molar-refractivity contribution in [2.24, 2.45) is 7.05 Å². The zero-order valence-electron chi connectivity index (χ0n) is 17.7. The number of aromatic carboxylic acids is 1. The number of thiophene rings is 1. The lowest BCUT2D eigenvalue weighted by Crippen LogP contribution is -2.38. The van der Waals surface area contributed by atoms with E-state index >= 15 is 0 Å². The molecule has 4 aromatic rings. The summed E-state index contributed by atoms with van der Waals surface area (Å²) in [7, 11) is -2.43. The Morgan fingerprint density at radius 2 is 1.88 bits per heavy atom. The molecule has 0 spiro atoms. The normalized spacial score (nSPS) is 12.3. The molecule has 3 heterocycles. The van der Waals surface area contributed by atoms with Gasteiger partial charge in [0.05, 0.1) is 28.5 Å². The minimum Gasteiger partial charge on any atom is -0.478 e. The fourth-order valence-electron chi connectivity index (χ4n) is 3.76. The van der Waals surface area contributed by atoms with Crippen LogP contribution in [-0.4, -0.2) is 44.4 Å². The Balaban J connectivity index is 2.11. The molecule has 32 heavy (non-hydrogen) atoms. The van der Waals surface area contributed by atoms with Crippen LogP contribution in [0.15, 0.2) is 39.0 Å². The number of para-hydroxylation sites is 2. The van der Waals surface area contributed by atoms with Crippen molar-refractivity contribution in [1.82, 2.24) is 18.7 Å². The first-order valence-electron chi connectivity index (χ1n) is 9.59. The number of nitrogens with zero attached hydrogens (tertiary/aromatic N) is 4. The zero-order valence-corrected chi connectivity index (χ0v) is 19.3. The first-order chi connectivity index (χ1) is 14.9. The molecule has 0 fully saturated rings. The number of aromatic nitrogens is 4. The summed E-state index contributed by atoms with van der Waals surface area (Å²) >= 11 is 0.996. The fraction of sp³-hybridized carbons (Fsp3) is 0.300. The van der Waals surface area contributed by atoms with Gasteiger partial charge in [0.15, 0.2) is 0 Å². The van der Waals surface area contributed by atoms with Crippen LogP contribution in [0.2, 0.25) is 0 Å². The van der Waals surface area contributed by atoms with E-state index in [1.54, 1.807) is 38.1 Å². The van der Waals surface area contributed by atoms with Gasteiger partial charge in [-0.2, -0.15) is 0 Å². The number of hydrogen-bond donors (Lipinski definition) is 1. The summed E-state index contributed by atoms with van der Waals surface area (Å²) in [6.45, 7) is 3.38. The van der Waals surface area contributed by atoms with Crippen LogP contribution >= 0.6 is 11.3 Å². The van der Waals surface area contributed by atoms with Crippen LogP contribution in [0.25, 0.3) is 21.3 Å². The zero-order chi connectivity index (χ0) is 23.5. The molecule has 0 bridgehead atoms. The molecule has 3 aromatic heterocycles. The third-order valence-electron chi connectivity index (χ3n) is 5.18. The van der Waals surface area contributed by atoms with Gasteiger partial charge in [-0.25, -0.2) is 23.0 Å². The molecule has 0 radical (unpaired) electrons. The summed E-state index contributed by atoms with van der Waals surface area (Å²) in [5.41, 5.74) is -0.540. The topological polar surface area (TPSA) is 133 Å². The molecule has 0 aliphatic heterocycles. The number of fused-ring (bicyclic) bond motifs is 2. The van der Waals surface area contributed by atoms with E-state index in [4.69, 9.17) is 0 Å². The molecule has 4 rings (SSSR count). The molecular formula is C20H20N4O6S2. The second-order valence-electron chi connectivity index (χ2n) is 7.74. The van der Waals surface area contributed by atoms with Crippen LogP contribution in [0.3, 0.4) is 0 Å². The SMILES string of the molecule is CC(C)n1c(=O)n(C)c(=O)c2c(C(=O)O)c(Cn3c(S(C)(=O)=O)nc4ccccc43)sc21. The lowest BCUT2D eigenvalue weighted by Gasteiger charge is -2.12. The average Bonchev–Trinajstić information content (AvgIpc) is 3.25. The summed E-state index contributed by atoms with van der Waals surface area (Å²) in [5.74, 6) is -1.33. The maximum absolute atomic E-state index is 12.9. The van der Waals surface area contributed by atoms with E-state index in [0.29, 0.717) is 11.0 Å². The van der Waals surface area contributed by atoms with Crippen molar-refractivity contribution in [2.75, 3.05) is 6.26 Å². The van der Waals surface area contributed by atoms with E-state index in [2.05, 4.69) is 4.98 Å². The molecule has 0 amide bonds. The maximum atomic E-state index is 12.9. The van der Waals surface area contributed by atoms with Crippen LogP contribution in [0.5, 0.6) is 0 Å². The molecule has 0 atom stereocenters. The highest BCUT2D eigenvalue weighted by Gasteiger charge is 2.28. The summed E-state index contributed by atoms with van der Waals surface area (Å²) in [6, 6.07) is 6.47. The molecule has 0 saturated carbocycles. The van der Waals surface area contributed by atoms with Gasteiger partial charge in [0, 0.05) is 24.2 Å². The van der Waals surface area contributed by atoms with Crippen LogP contribution in [0.4, 0.5) is 0 Å². The molecule has 12 heteroatoms. The van der Waals surface area contributed by atoms with E-state index < -0.39 is 27.1 Å². The Morgan fingerprint density at radius 1 is 1.22 bits per heavy atom. The van der Waals surface area contributed by atoms with Gasteiger partial charge in [0.2, 0.25) is 15.0 Å². The number of hydrogen-bond acceptors (Lipinski definition) is 7. The number of imidazole rings is 1. The van der Waals surface area contributed by atoms with E-state index in [0.717, 1.165) is 22.2 Å². The standard InChI is InChI=1S/C20H20N4O6S2/c1-10(2)24-17-15(16(25)22(3)20(24)28)14(18(26)27)13(31-17)9-23-12-8-6-5-7-11(12)21-19(23)32(4,29)30/h5-8,10H,9H2,1-4H3,(H,26,27). The Morgan fingerprint density at radius 3 is 2.47 bits per heavy atom. The molecule has 10 nitrogen and oxygen atoms in total. The lowest BCUT2D eigenvalue weighted by atomic mass is 10.1. The number of rotatable bonds is 5. The van der Waals surface area contributed by atoms with Gasteiger partial charge in [-0.3, -0.25) is 13.9 Å². The van der Waals surface area contributed by atoms with Crippen molar-refractivity contribution in [3.63, 3.8) is 0 Å². The van der Waals surface area contributed by atoms with Gasteiger partial charge in [-0.05, 0) is 26.0 Å². The highest BCUT2D eigenvalue weighted by molar-refractivity contribution is 7.90. The third kappa shape index (κ3) is 3.26. The van der Waals surface area contributed by atoms with Crippen molar-refractivity contribution in [3.05, 3.63) is 55.5 Å². The lowest BCUT2D eigenvalue weighted by molar-refractivity contribution is 0.0698. The smallest absolute Gasteiger partial charge is 0.337 e. The van der Waals surface area contributed by atoms with Crippen molar-refractivity contribution < 1.29 is 18.3 Å². The van der Waals surface area contributed by atoms with Crippen LogP contribution < -0.4 is 11.2 Å². The van der Waals surface area contributed by atoms with Crippen LogP contribution in [-0.2, 0) is 23.4 Å². The predicted molar refractivity (Wildman–Crippen MR) is 121 cm³/mol. The maximum Gasteiger partial charge on any atom is 0.337 e. The average molecular weight is 477 g/mol. The molecule has 0 aliphatic rings. The Labute approximate surface area is 185 Å². The minimum absolute atomic E-state index is 0.0707. The Hall–Kier alpha value is -3.25. The van der Waals surface area contributed by atoms with Crippen molar-refractivity contribution in [1.29, 1.82) is 0 Å². The minimum atomic E-state index is -3.73. The Kier molecular flexibility index (Phi) is 5.09. The quantitative estimate of drug-likeness (QED) is 0.465.